The van der Waals surface area contributed by atoms with Gasteiger partial charge in [0.1, 0.15) is 12.4 Å². The van der Waals surface area contributed by atoms with Gasteiger partial charge in [-0.1, -0.05) is 43.7 Å². The van der Waals surface area contributed by atoms with Crippen LogP contribution in [0.3, 0.4) is 0 Å². The normalized spacial score (nSPS) is 10.7. The molecule has 2 aromatic carbocycles. The monoisotopic (exact) mass is 351 g/mol. The van der Waals surface area contributed by atoms with Gasteiger partial charge in [-0.3, -0.25) is 9.36 Å². The molecule has 0 aliphatic rings. The predicted molar refractivity (Wildman–Crippen MR) is 99.8 cm³/mol. The highest BCUT2D eigenvalue weighted by Crippen LogP contribution is 2.25. The number of ether oxygens (including phenoxy) is 2. The number of hydrogen-bond acceptors (Lipinski definition) is 4. The molecule has 0 fully saturated rings. The molecule has 0 aliphatic carbocycles. The van der Waals surface area contributed by atoms with Crippen molar-refractivity contribution in [3.63, 3.8) is 0 Å². The zero-order valence-corrected chi connectivity index (χ0v) is 14.7. The molecule has 26 heavy (non-hydrogen) atoms. The van der Waals surface area contributed by atoms with E-state index in [0.29, 0.717) is 28.8 Å². The Balaban J connectivity index is 1.84. The van der Waals surface area contributed by atoms with Crippen molar-refractivity contribution in [2.24, 2.45) is 0 Å². The summed E-state index contributed by atoms with van der Waals surface area (Å²) in [7, 11) is 0. The quantitative estimate of drug-likeness (QED) is 0.452. The van der Waals surface area contributed by atoms with Crippen LogP contribution in [-0.4, -0.2) is 23.6 Å². The molecular formula is C21H21NO4. The van der Waals surface area contributed by atoms with E-state index >= 15 is 0 Å². The van der Waals surface area contributed by atoms with Crippen molar-refractivity contribution in [3.05, 3.63) is 65.9 Å². The Bertz CT molecular complexity index is 899. The number of aromatic nitrogens is 1. The van der Waals surface area contributed by atoms with Crippen LogP contribution in [0.2, 0.25) is 0 Å². The van der Waals surface area contributed by atoms with E-state index < -0.39 is 6.09 Å². The smallest absolute Gasteiger partial charge is 0.418 e. The maximum absolute atomic E-state index is 12.5. The van der Waals surface area contributed by atoms with Gasteiger partial charge in [0.05, 0.1) is 12.1 Å². The molecule has 0 N–H and O–H groups in total. The van der Waals surface area contributed by atoms with Crippen LogP contribution < -0.4 is 4.74 Å². The second-order valence-electron chi connectivity index (χ2n) is 5.99. The molecule has 134 valence electrons. The minimum absolute atomic E-state index is 0.169. The Morgan fingerprint density at radius 1 is 1.15 bits per heavy atom. The Morgan fingerprint density at radius 2 is 1.96 bits per heavy atom. The van der Waals surface area contributed by atoms with E-state index in [9.17, 15) is 9.59 Å². The Labute approximate surface area is 152 Å². The molecule has 3 aromatic rings. The largest absolute Gasteiger partial charge is 0.494 e. The van der Waals surface area contributed by atoms with Crippen molar-refractivity contribution < 1.29 is 19.1 Å². The lowest BCUT2D eigenvalue weighted by Gasteiger charge is -2.08. The lowest BCUT2D eigenvalue weighted by atomic mass is 10.2. The number of carbonyl (C=O) groups excluding carboxylic acids is 2. The number of nitrogens with zero attached hydrogens (tertiary/aromatic N) is 1. The van der Waals surface area contributed by atoms with Crippen LogP contribution in [0, 0.1) is 0 Å². The number of rotatable bonds is 7. The molecule has 5 nitrogen and oxygen atoms in total. The van der Waals surface area contributed by atoms with E-state index in [0.717, 1.165) is 24.7 Å². The first-order chi connectivity index (χ1) is 12.7. The number of benzene rings is 2. The fraction of sp³-hybridized carbons (Fsp3) is 0.238. The maximum Gasteiger partial charge on any atom is 0.418 e. The van der Waals surface area contributed by atoms with Crippen molar-refractivity contribution in [1.82, 2.24) is 4.57 Å². The SMILES string of the molecule is CCCCOc1ccc2c(C=O)cn(C(=O)OCc3ccccc3)c2c1. The molecule has 0 saturated carbocycles. The summed E-state index contributed by atoms with van der Waals surface area (Å²) in [5, 5.41) is 0.694. The average molecular weight is 351 g/mol. The third-order valence-corrected chi connectivity index (χ3v) is 4.10. The van der Waals surface area contributed by atoms with Gasteiger partial charge >= 0.3 is 6.09 Å². The van der Waals surface area contributed by atoms with E-state index in [1.54, 1.807) is 12.1 Å². The summed E-state index contributed by atoms with van der Waals surface area (Å²) < 4.78 is 12.4. The molecule has 1 heterocycles. The first kappa shape index (κ1) is 17.7. The number of aldehydes is 1. The Hall–Kier alpha value is -3.08. The molecule has 3 rings (SSSR count). The molecule has 0 spiro atoms. The Kier molecular flexibility index (Phi) is 5.69. The highest BCUT2D eigenvalue weighted by Gasteiger charge is 2.15. The van der Waals surface area contributed by atoms with Gasteiger partial charge in [-0.15, -0.1) is 0 Å². The molecule has 0 atom stereocenters. The van der Waals surface area contributed by atoms with Gasteiger partial charge < -0.3 is 9.47 Å². The minimum atomic E-state index is -0.530. The summed E-state index contributed by atoms with van der Waals surface area (Å²) >= 11 is 0. The fourth-order valence-corrected chi connectivity index (χ4v) is 2.69. The van der Waals surface area contributed by atoms with Crippen LogP contribution >= 0.6 is 0 Å². The van der Waals surface area contributed by atoms with Crippen LogP contribution in [-0.2, 0) is 11.3 Å². The van der Waals surface area contributed by atoms with Gasteiger partial charge in [-0.2, -0.15) is 0 Å². The molecule has 0 unspecified atom stereocenters. The zero-order valence-electron chi connectivity index (χ0n) is 14.7. The summed E-state index contributed by atoms with van der Waals surface area (Å²) in [4.78, 5) is 23.9. The van der Waals surface area contributed by atoms with Gasteiger partial charge in [0, 0.05) is 23.2 Å². The summed E-state index contributed by atoms with van der Waals surface area (Å²) in [5.41, 5.74) is 1.94. The maximum atomic E-state index is 12.5. The standard InChI is InChI=1S/C21H21NO4/c1-2-3-11-25-18-9-10-19-17(14-23)13-22(20(19)12-18)21(24)26-15-16-7-5-4-6-8-16/h4-10,12-14H,2-3,11,15H2,1H3. The van der Waals surface area contributed by atoms with Crippen molar-refractivity contribution in [2.75, 3.05) is 6.61 Å². The second kappa shape index (κ2) is 8.34. The van der Waals surface area contributed by atoms with Crippen LogP contribution in [0.4, 0.5) is 4.79 Å². The van der Waals surface area contributed by atoms with Gasteiger partial charge in [0.15, 0.2) is 6.29 Å². The van der Waals surface area contributed by atoms with Crippen molar-refractivity contribution in [3.8, 4) is 5.75 Å². The van der Waals surface area contributed by atoms with Crippen LogP contribution in [0.25, 0.3) is 10.9 Å². The summed E-state index contributed by atoms with van der Waals surface area (Å²) in [6.45, 7) is 2.88. The van der Waals surface area contributed by atoms with E-state index in [2.05, 4.69) is 6.92 Å². The first-order valence-corrected chi connectivity index (χ1v) is 8.67. The average Bonchev–Trinajstić information content (AvgIpc) is 3.05. The minimum Gasteiger partial charge on any atom is -0.494 e. The highest BCUT2D eigenvalue weighted by atomic mass is 16.5. The van der Waals surface area contributed by atoms with Gasteiger partial charge in [-0.25, -0.2) is 4.79 Å². The van der Waals surface area contributed by atoms with Crippen LogP contribution in [0.1, 0.15) is 35.7 Å². The first-order valence-electron chi connectivity index (χ1n) is 8.67. The summed E-state index contributed by atoms with van der Waals surface area (Å²) in [6.07, 6.45) is 3.71. The lowest BCUT2D eigenvalue weighted by molar-refractivity contribution is 0.112. The molecule has 0 bridgehead atoms. The van der Waals surface area contributed by atoms with E-state index in [1.807, 2.05) is 36.4 Å². The zero-order chi connectivity index (χ0) is 18.4. The van der Waals surface area contributed by atoms with Gasteiger partial charge in [-0.05, 0) is 24.1 Å². The lowest BCUT2D eigenvalue weighted by Crippen LogP contribution is -2.12. The molecular weight excluding hydrogens is 330 g/mol. The molecule has 0 radical (unpaired) electrons. The number of unbranched alkanes of at least 4 members (excludes halogenated alkanes) is 1. The molecule has 5 heteroatoms. The van der Waals surface area contributed by atoms with Gasteiger partial charge in [0.25, 0.3) is 0 Å². The van der Waals surface area contributed by atoms with E-state index in [1.165, 1.54) is 10.8 Å². The molecule has 1 aromatic heterocycles. The van der Waals surface area contributed by atoms with Crippen molar-refractivity contribution in [2.45, 2.75) is 26.4 Å². The summed E-state index contributed by atoms with van der Waals surface area (Å²) in [5.74, 6) is 0.665. The van der Waals surface area contributed by atoms with Gasteiger partial charge in [0.2, 0.25) is 0 Å². The van der Waals surface area contributed by atoms with Crippen molar-refractivity contribution in [1.29, 1.82) is 0 Å². The second-order valence-corrected chi connectivity index (χ2v) is 5.99. The van der Waals surface area contributed by atoms with Crippen LogP contribution in [0.5, 0.6) is 5.75 Å². The van der Waals surface area contributed by atoms with E-state index in [4.69, 9.17) is 9.47 Å². The third-order valence-electron chi connectivity index (χ3n) is 4.10. The highest BCUT2D eigenvalue weighted by molar-refractivity contribution is 6.01. The third kappa shape index (κ3) is 3.94. The number of carbonyl (C=O) groups is 2. The number of fused-ring (bicyclic) bond motifs is 1. The molecule has 0 aliphatic heterocycles. The number of hydrogen-bond donors (Lipinski definition) is 0. The fourth-order valence-electron chi connectivity index (χ4n) is 2.69. The predicted octanol–water partition coefficient (Wildman–Crippen LogP) is 4.82. The molecule has 0 saturated heterocycles. The topological polar surface area (TPSA) is 57.5 Å². The van der Waals surface area contributed by atoms with Crippen LogP contribution in [0.15, 0.2) is 54.7 Å². The van der Waals surface area contributed by atoms with Crippen molar-refractivity contribution >= 4 is 23.3 Å². The summed E-state index contributed by atoms with van der Waals surface area (Å²) in [6, 6.07) is 14.8. The van der Waals surface area contributed by atoms with E-state index in [-0.39, 0.29) is 6.61 Å². The Morgan fingerprint density at radius 3 is 2.69 bits per heavy atom. The molecule has 0 amide bonds.